The molecule has 2 rings (SSSR count). The Labute approximate surface area is 125 Å². The highest BCUT2D eigenvalue weighted by molar-refractivity contribution is 5.84. The van der Waals surface area contributed by atoms with Gasteiger partial charge in [-0.05, 0) is 52.3 Å². The topological polar surface area (TPSA) is 54.1 Å². The lowest BCUT2D eigenvalue weighted by Gasteiger charge is -2.22. The molecule has 0 aliphatic heterocycles. The SMILES string of the molecule is Cc1ccc2[nH]cc(C[C@@H](C)OC(=O)NC(C)(C)C)c2c1. The molecule has 0 spiro atoms. The van der Waals surface area contributed by atoms with Gasteiger partial charge in [0.25, 0.3) is 0 Å². The first-order valence-corrected chi connectivity index (χ1v) is 7.30. The van der Waals surface area contributed by atoms with E-state index in [9.17, 15) is 4.79 Å². The van der Waals surface area contributed by atoms with Gasteiger partial charge >= 0.3 is 6.09 Å². The predicted octanol–water partition coefficient (Wildman–Crippen LogP) is 3.93. The summed E-state index contributed by atoms with van der Waals surface area (Å²) in [4.78, 5) is 15.0. The Bertz CT molecular complexity index is 638. The largest absolute Gasteiger partial charge is 0.446 e. The van der Waals surface area contributed by atoms with E-state index in [-0.39, 0.29) is 17.7 Å². The third-order valence-electron chi connectivity index (χ3n) is 3.22. The maximum absolute atomic E-state index is 11.8. The highest BCUT2D eigenvalue weighted by atomic mass is 16.6. The summed E-state index contributed by atoms with van der Waals surface area (Å²) in [5, 5.41) is 4.00. The Morgan fingerprint density at radius 3 is 2.76 bits per heavy atom. The summed E-state index contributed by atoms with van der Waals surface area (Å²) in [6.07, 6.45) is 2.14. The zero-order valence-electron chi connectivity index (χ0n) is 13.4. The van der Waals surface area contributed by atoms with Gasteiger partial charge in [0.2, 0.25) is 0 Å². The van der Waals surface area contributed by atoms with Crippen molar-refractivity contribution in [1.82, 2.24) is 10.3 Å². The van der Waals surface area contributed by atoms with E-state index in [1.165, 1.54) is 16.5 Å². The molecule has 0 aliphatic carbocycles. The van der Waals surface area contributed by atoms with Crippen LogP contribution < -0.4 is 5.32 Å². The molecule has 0 saturated carbocycles. The second kappa shape index (κ2) is 5.80. The maximum atomic E-state index is 11.8. The number of nitrogens with one attached hydrogen (secondary N) is 2. The van der Waals surface area contributed by atoms with Gasteiger partial charge in [0.15, 0.2) is 0 Å². The third kappa shape index (κ3) is 4.25. The quantitative estimate of drug-likeness (QED) is 0.899. The number of fused-ring (bicyclic) bond motifs is 1. The van der Waals surface area contributed by atoms with Crippen LogP contribution in [0.1, 0.15) is 38.8 Å². The van der Waals surface area contributed by atoms with E-state index in [1.807, 2.05) is 33.9 Å². The second-order valence-electron chi connectivity index (χ2n) is 6.66. The number of H-pyrrole nitrogens is 1. The molecule has 0 aliphatic rings. The number of amides is 1. The third-order valence-corrected chi connectivity index (χ3v) is 3.22. The van der Waals surface area contributed by atoms with Crippen LogP contribution in [0.4, 0.5) is 4.79 Å². The van der Waals surface area contributed by atoms with E-state index in [2.05, 4.69) is 35.4 Å². The van der Waals surface area contributed by atoms with Gasteiger partial charge < -0.3 is 15.0 Å². The van der Waals surface area contributed by atoms with Crippen LogP contribution in [0.2, 0.25) is 0 Å². The lowest BCUT2D eigenvalue weighted by molar-refractivity contribution is 0.100. The zero-order valence-corrected chi connectivity index (χ0v) is 13.4. The predicted molar refractivity (Wildman–Crippen MR) is 85.6 cm³/mol. The number of ether oxygens (including phenoxy) is 1. The first-order valence-electron chi connectivity index (χ1n) is 7.30. The summed E-state index contributed by atoms with van der Waals surface area (Å²) in [7, 11) is 0. The van der Waals surface area contributed by atoms with Gasteiger partial charge in [-0.15, -0.1) is 0 Å². The van der Waals surface area contributed by atoms with Crippen molar-refractivity contribution in [2.45, 2.75) is 52.7 Å². The highest BCUT2D eigenvalue weighted by Crippen LogP contribution is 2.21. The lowest BCUT2D eigenvalue weighted by atomic mass is 10.1. The molecule has 2 N–H and O–H groups in total. The number of aromatic amines is 1. The monoisotopic (exact) mass is 288 g/mol. The molecule has 0 bridgehead atoms. The summed E-state index contributed by atoms with van der Waals surface area (Å²) in [6, 6.07) is 6.31. The van der Waals surface area contributed by atoms with Gasteiger partial charge in [0.05, 0.1) is 0 Å². The summed E-state index contributed by atoms with van der Waals surface area (Å²) in [5.74, 6) is 0. The van der Waals surface area contributed by atoms with Crippen LogP contribution in [0.3, 0.4) is 0 Å². The Morgan fingerprint density at radius 1 is 1.38 bits per heavy atom. The van der Waals surface area contributed by atoms with Crippen LogP contribution in [-0.2, 0) is 11.2 Å². The minimum Gasteiger partial charge on any atom is -0.446 e. The van der Waals surface area contributed by atoms with Crippen molar-refractivity contribution in [3.8, 4) is 0 Å². The van der Waals surface area contributed by atoms with E-state index < -0.39 is 0 Å². The number of alkyl carbamates (subject to hydrolysis) is 1. The van der Waals surface area contributed by atoms with Gasteiger partial charge in [0, 0.05) is 29.1 Å². The van der Waals surface area contributed by atoms with E-state index in [0.29, 0.717) is 6.42 Å². The molecule has 0 saturated heterocycles. The Kier molecular flexibility index (Phi) is 4.26. The van der Waals surface area contributed by atoms with Gasteiger partial charge in [-0.25, -0.2) is 4.79 Å². The molecule has 0 fully saturated rings. The normalized spacial score (nSPS) is 13.2. The first-order chi connectivity index (χ1) is 9.74. The van der Waals surface area contributed by atoms with Crippen molar-refractivity contribution < 1.29 is 9.53 Å². The van der Waals surface area contributed by atoms with Crippen LogP contribution >= 0.6 is 0 Å². The molecule has 2 aromatic rings. The van der Waals surface area contributed by atoms with Crippen LogP contribution in [0.25, 0.3) is 10.9 Å². The van der Waals surface area contributed by atoms with Crippen LogP contribution in [-0.4, -0.2) is 22.7 Å². The molecule has 1 amide bonds. The second-order valence-corrected chi connectivity index (χ2v) is 6.66. The van der Waals surface area contributed by atoms with E-state index in [1.54, 1.807) is 0 Å². The van der Waals surface area contributed by atoms with Gasteiger partial charge in [-0.2, -0.15) is 0 Å². The molecule has 4 heteroatoms. The maximum Gasteiger partial charge on any atom is 0.407 e. The summed E-state index contributed by atoms with van der Waals surface area (Å²) in [6.45, 7) is 9.79. The molecule has 1 aromatic heterocycles. The molecule has 114 valence electrons. The molecule has 1 heterocycles. The number of hydrogen-bond donors (Lipinski definition) is 2. The number of carbonyl (C=O) groups excluding carboxylic acids is 1. The molecule has 4 nitrogen and oxygen atoms in total. The summed E-state index contributed by atoms with van der Waals surface area (Å²) >= 11 is 0. The number of aromatic nitrogens is 1. The molecule has 21 heavy (non-hydrogen) atoms. The van der Waals surface area contributed by atoms with Crippen LogP contribution in [0, 0.1) is 6.92 Å². The summed E-state index contributed by atoms with van der Waals surface area (Å²) in [5.41, 5.74) is 3.23. The summed E-state index contributed by atoms with van der Waals surface area (Å²) < 4.78 is 5.41. The van der Waals surface area contributed by atoms with Crippen molar-refractivity contribution in [2.24, 2.45) is 0 Å². The first kappa shape index (κ1) is 15.4. The van der Waals surface area contributed by atoms with Gasteiger partial charge in [0.1, 0.15) is 6.10 Å². The van der Waals surface area contributed by atoms with E-state index in [4.69, 9.17) is 4.74 Å². The van der Waals surface area contributed by atoms with Gasteiger partial charge in [-0.3, -0.25) is 0 Å². The molecule has 0 radical (unpaired) electrons. The molecular formula is C17H24N2O2. The number of aryl methyl sites for hydroxylation is 1. The van der Waals surface area contributed by atoms with Crippen LogP contribution in [0.5, 0.6) is 0 Å². The fourth-order valence-corrected chi connectivity index (χ4v) is 2.33. The number of benzene rings is 1. The lowest BCUT2D eigenvalue weighted by Crippen LogP contribution is -2.42. The van der Waals surface area contributed by atoms with E-state index >= 15 is 0 Å². The fraction of sp³-hybridized carbons (Fsp3) is 0.471. The Balaban J connectivity index is 2.03. The molecular weight excluding hydrogens is 264 g/mol. The van der Waals surface area contributed by atoms with Crippen molar-refractivity contribution in [1.29, 1.82) is 0 Å². The molecule has 0 unspecified atom stereocenters. The van der Waals surface area contributed by atoms with Crippen LogP contribution in [0.15, 0.2) is 24.4 Å². The standard InChI is InChI=1S/C17H24N2O2/c1-11-6-7-15-14(8-11)13(10-18-15)9-12(2)21-16(20)19-17(3,4)5/h6-8,10,12,18H,9H2,1-5H3,(H,19,20)/t12-/m1/s1. The molecule has 1 aromatic carbocycles. The van der Waals surface area contributed by atoms with Crippen molar-refractivity contribution in [2.75, 3.05) is 0 Å². The highest BCUT2D eigenvalue weighted by Gasteiger charge is 2.18. The minimum absolute atomic E-state index is 0.174. The van der Waals surface area contributed by atoms with E-state index in [0.717, 1.165) is 5.52 Å². The average Bonchev–Trinajstić information content (AvgIpc) is 2.69. The minimum atomic E-state index is -0.369. The Hall–Kier alpha value is -1.97. The number of carbonyl (C=O) groups is 1. The number of rotatable bonds is 3. The average molecular weight is 288 g/mol. The molecule has 1 atom stereocenters. The van der Waals surface area contributed by atoms with Crippen molar-refractivity contribution >= 4 is 17.0 Å². The fourth-order valence-electron chi connectivity index (χ4n) is 2.33. The number of hydrogen-bond acceptors (Lipinski definition) is 2. The Morgan fingerprint density at radius 2 is 2.10 bits per heavy atom. The smallest absolute Gasteiger partial charge is 0.407 e. The zero-order chi connectivity index (χ0) is 15.6. The van der Waals surface area contributed by atoms with Crippen molar-refractivity contribution in [3.63, 3.8) is 0 Å². The van der Waals surface area contributed by atoms with Gasteiger partial charge in [-0.1, -0.05) is 11.6 Å². The van der Waals surface area contributed by atoms with Crippen molar-refractivity contribution in [3.05, 3.63) is 35.5 Å².